The van der Waals surface area contributed by atoms with Crippen molar-refractivity contribution in [1.29, 1.82) is 10.5 Å². The van der Waals surface area contributed by atoms with E-state index in [0.717, 1.165) is 15.6 Å². The number of nitriles is 2. The van der Waals surface area contributed by atoms with Crippen molar-refractivity contribution in [2.24, 2.45) is 0 Å². The van der Waals surface area contributed by atoms with Crippen molar-refractivity contribution in [2.75, 3.05) is 0 Å². The van der Waals surface area contributed by atoms with Crippen LogP contribution in [0.2, 0.25) is 0 Å². The Balaban J connectivity index is 2.36. The Morgan fingerprint density at radius 2 is 1.58 bits per heavy atom. The molecule has 0 unspecified atom stereocenters. The lowest BCUT2D eigenvalue weighted by molar-refractivity contribution is 1.47. The summed E-state index contributed by atoms with van der Waals surface area (Å²) in [5.74, 6) is 0. The smallest absolute Gasteiger partial charge is 0.0998 e. The van der Waals surface area contributed by atoms with Crippen LogP contribution in [0.4, 0.5) is 0 Å². The number of hydrogen-bond donors (Lipinski definition) is 0. The molecule has 0 amide bonds. The van der Waals surface area contributed by atoms with Gasteiger partial charge in [-0.3, -0.25) is 0 Å². The molecule has 0 spiro atoms. The van der Waals surface area contributed by atoms with E-state index in [1.165, 1.54) is 0 Å². The molecule has 19 heavy (non-hydrogen) atoms. The van der Waals surface area contributed by atoms with Crippen LogP contribution in [0.5, 0.6) is 0 Å². The molecule has 90 valence electrons. The van der Waals surface area contributed by atoms with E-state index in [0.29, 0.717) is 11.1 Å². The van der Waals surface area contributed by atoms with E-state index < -0.39 is 0 Å². The van der Waals surface area contributed by atoms with Gasteiger partial charge < -0.3 is 0 Å². The monoisotopic (exact) mass is 308 g/mol. The van der Waals surface area contributed by atoms with Crippen LogP contribution in [-0.2, 0) is 0 Å². The van der Waals surface area contributed by atoms with E-state index >= 15 is 0 Å². The molecule has 0 aliphatic carbocycles. The fourth-order valence-corrected chi connectivity index (χ4v) is 1.89. The summed E-state index contributed by atoms with van der Waals surface area (Å²) in [4.78, 5) is 0. The maximum Gasteiger partial charge on any atom is 0.0998 e. The molecular weight excluding hydrogens is 300 g/mol. The lowest BCUT2D eigenvalue weighted by atomic mass is 10.0. The van der Waals surface area contributed by atoms with Gasteiger partial charge in [-0.25, -0.2) is 0 Å². The van der Waals surface area contributed by atoms with Gasteiger partial charge in [0.05, 0.1) is 23.3 Å². The minimum Gasteiger partial charge on any atom is -0.192 e. The van der Waals surface area contributed by atoms with E-state index in [4.69, 9.17) is 5.26 Å². The summed E-state index contributed by atoms with van der Waals surface area (Å²) in [5, 5.41) is 18.0. The molecule has 2 nitrogen and oxygen atoms in total. The first-order chi connectivity index (χ1) is 9.22. The SMILES string of the molecule is N#CC(=Cc1ccc(Br)cc1)c1ccc(C#N)cc1. The van der Waals surface area contributed by atoms with Gasteiger partial charge in [-0.2, -0.15) is 10.5 Å². The standard InChI is InChI=1S/C16H9BrN2/c17-16-7-3-12(4-8-16)9-15(11-19)14-5-1-13(10-18)2-6-14/h1-9H. The highest BCUT2D eigenvalue weighted by atomic mass is 79.9. The highest BCUT2D eigenvalue weighted by molar-refractivity contribution is 9.10. The van der Waals surface area contributed by atoms with Crippen LogP contribution in [0.15, 0.2) is 53.0 Å². The molecule has 0 bridgehead atoms. The zero-order chi connectivity index (χ0) is 13.7. The Morgan fingerprint density at radius 3 is 2.11 bits per heavy atom. The molecule has 0 fully saturated rings. The molecule has 2 rings (SSSR count). The van der Waals surface area contributed by atoms with Gasteiger partial charge in [-0.15, -0.1) is 0 Å². The molecule has 0 aromatic heterocycles. The third-order valence-electron chi connectivity index (χ3n) is 2.63. The third kappa shape index (κ3) is 3.31. The Bertz CT molecular complexity index is 684. The zero-order valence-electron chi connectivity index (χ0n) is 9.97. The first-order valence-corrected chi connectivity index (χ1v) is 6.40. The molecule has 3 heteroatoms. The van der Waals surface area contributed by atoms with Gasteiger partial charge in [-0.05, 0) is 41.5 Å². The van der Waals surface area contributed by atoms with E-state index in [9.17, 15) is 5.26 Å². The van der Waals surface area contributed by atoms with Crippen LogP contribution >= 0.6 is 15.9 Å². The topological polar surface area (TPSA) is 47.6 Å². The molecule has 2 aromatic rings. The second-order valence-corrected chi connectivity index (χ2v) is 4.83. The van der Waals surface area contributed by atoms with Crippen molar-refractivity contribution in [3.05, 3.63) is 69.7 Å². The summed E-state index contributed by atoms with van der Waals surface area (Å²) in [6.45, 7) is 0. The van der Waals surface area contributed by atoms with Crippen LogP contribution < -0.4 is 0 Å². The number of nitrogens with zero attached hydrogens (tertiary/aromatic N) is 2. The Kier molecular flexibility index (Phi) is 4.13. The fourth-order valence-electron chi connectivity index (χ4n) is 1.63. The van der Waals surface area contributed by atoms with Crippen molar-refractivity contribution < 1.29 is 0 Å². The molecule has 0 N–H and O–H groups in total. The summed E-state index contributed by atoms with van der Waals surface area (Å²) in [5.41, 5.74) is 2.94. The second-order valence-electron chi connectivity index (χ2n) is 3.91. The highest BCUT2D eigenvalue weighted by Crippen LogP contribution is 2.19. The van der Waals surface area contributed by atoms with Crippen LogP contribution in [0.3, 0.4) is 0 Å². The first kappa shape index (κ1) is 13.1. The van der Waals surface area contributed by atoms with Gasteiger partial charge in [0.2, 0.25) is 0 Å². The van der Waals surface area contributed by atoms with Gasteiger partial charge in [0.25, 0.3) is 0 Å². The summed E-state index contributed by atoms with van der Waals surface area (Å²) in [6.07, 6.45) is 1.83. The summed E-state index contributed by atoms with van der Waals surface area (Å²) in [6, 6.07) is 19.0. The Hall–Kier alpha value is -2.36. The lowest BCUT2D eigenvalue weighted by Crippen LogP contribution is -1.83. The molecule has 2 aromatic carbocycles. The average molecular weight is 309 g/mol. The van der Waals surface area contributed by atoms with E-state index in [1.807, 2.05) is 30.3 Å². The van der Waals surface area contributed by atoms with Crippen LogP contribution in [0, 0.1) is 22.7 Å². The Labute approximate surface area is 120 Å². The summed E-state index contributed by atoms with van der Waals surface area (Å²) in [7, 11) is 0. The molecule has 0 aliphatic rings. The molecular formula is C16H9BrN2. The summed E-state index contributed by atoms with van der Waals surface area (Å²) < 4.78 is 1.00. The first-order valence-electron chi connectivity index (χ1n) is 5.61. The fraction of sp³-hybridized carbons (Fsp3) is 0. The number of hydrogen-bond acceptors (Lipinski definition) is 2. The van der Waals surface area contributed by atoms with Gasteiger partial charge in [0.15, 0.2) is 0 Å². The van der Waals surface area contributed by atoms with Gasteiger partial charge in [0, 0.05) is 4.47 Å². The Morgan fingerprint density at radius 1 is 0.947 bits per heavy atom. The maximum absolute atomic E-state index is 9.23. The predicted molar refractivity (Wildman–Crippen MR) is 78.8 cm³/mol. The third-order valence-corrected chi connectivity index (χ3v) is 3.16. The number of halogens is 1. The van der Waals surface area contributed by atoms with E-state index in [2.05, 4.69) is 28.1 Å². The lowest BCUT2D eigenvalue weighted by Gasteiger charge is -2.00. The molecule has 0 aliphatic heterocycles. The number of rotatable bonds is 2. The van der Waals surface area contributed by atoms with Crippen molar-refractivity contribution in [3.8, 4) is 12.1 Å². The largest absolute Gasteiger partial charge is 0.192 e. The normalized spacial score (nSPS) is 10.6. The van der Waals surface area contributed by atoms with Crippen molar-refractivity contribution >= 4 is 27.6 Å². The number of benzene rings is 2. The maximum atomic E-state index is 9.23. The molecule has 0 radical (unpaired) electrons. The van der Waals surface area contributed by atoms with Crippen molar-refractivity contribution in [3.63, 3.8) is 0 Å². The predicted octanol–water partition coefficient (Wildman–Crippen LogP) is 4.38. The van der Waals surface area contributed by atoms with E-state index in [-0.39, 0.29) is 0 Å². The van der Waals surface area contributed by atoms with Crippen molar-refractivity contribution in [2.45, 2.75) is 0 Å². The highest BCUT2D eigenvalue weighted by Gasteiger charge is 2.01. The molecule has 0 saturated carbocycles. The minimum atomic E-state index is 0.576. The average Bonchev–Trinajstić information content (AvgIpc) is 2.47. The second kappa shape index (κ2) is 6.00. The van der Waals surface area contributed by atoms with Crippen molar-refractivity contribution in [1.82, 2.24) is 0 Å². The zero-order valence-corrected chi connectivity index (χ0v) is 11.6. The molecule has 0 heterocycles. The van der Waals surface area contributed by atoms with Gasteiger partial charge >= 0.3 is 0 Å². The minimum absolute atomic E-state index is 0.576. The molecule has 0 atom stereocenters. The summed E-state index contributed by atoms with van der Waals surface area (Å²) >= 11 is 3.37. The molecule has 0 saturated heterocycles. The van der Waals surface area contributed by atoms with Gasteiger partial charge in [-0.1, -0.05) is 40.2 Å². The van der Waals surface area contributed by atoms with Crippen LogP contribution in [0.1, 0.15) is 16.7 Å². The van der Waals surface area contributed by atoms with E-state index in [1.54, 1.807) is 24.3 Å². The number of allylic oxidation sites excluding steroid dienone is 1. The van der Waals surface area contributed by atoms with Gasteiger partial charge in [0.1, 0.15) is 0 Å². The quantitative estimate of drug-likeness (QED) is 0.610. The van der Waals surface area contributed by atoms with Crippen LogP contribution in [0.25, 0.3) is 11.6 Å². The van der Waals surface area contributed by atoms with Crippen LogP contribution in [-0.4, -0.2) is 0 Å².